The van der Waals surface area contributed by atoms with E-state index in [9.17, 15) is 20.0 Å². The van der Waals surface area contributed by atoms with Crippen molar-refractivity contribution in [1.82, 2.24) is 15.2 Å². The maximum absolute atomic E-state index is 12.5. The number of rotatable bonds is 7. The number of carbonyl (C=O) groups excluding carboxylic acids is 1. The molecule has 0 saturated carbocycles. The molecule has 0 radical (unpaired) electrons. The zero-order valence-electron chi connectivity index (χ0n) is 18.1. The van der Waals surface area contributed by atoms with Crippen LogP contribution < -0.4 is 10.1 Å². The molecule has 2 aromatic rings. The lowest BCUT2D eigenvalue weighted by molar-refractivity contribution is 0.0816. The second-order valence-electron chi connectivity index (χ2n) is 8.54. The molecule has 0 saturated heterocycles. The Kier molecular flexibility index (Phi) is 6.16. The van der Waals surface area contributed by atoms with Gasteiger partial charge in [-0.3, -0.25) is 9.78 Å². The first kappa shape index (κ1) is 22.1. The minimum Gasteiger partial charge on any atom is -0.490 e. The smallest absolute Gasteiger partial charge is 0.405 e. The Hall–Kier alpha value is -3.60. The topological polar surface area (TPSA) is 116 Å². The van der Waals surface area contributed by atoms with Crippen LogP contribution in [0.15, 0.2) is 30.5 Å². The van der Waals surface area contributed by atoms with Crippen LogP contribution in [0.5, 0.6) is 5.75 Å². The quantitative estimate of drug-likeness (QED) is 0.704. The second-order valence-corrected chi connectivity index (χ2v) is 8.54. The van der Waals surface area contributed by atoms with Crippen LogP contribution in [0.2, 0.25) is 0 Å². The number of amides is 2. The van der Waals surface area contributed by atoms with Crippen LogP contribution in [-0.2, 0) is 6.54 Å². The first-order valence-corrected chi connectivity index (χ1v) is 10.1. The van der Waals surface area contributed by atoms with Gasteiger partial charge in [0.1, 0.15) is 18.4 Å². The molecule has 1 aromatic carbocycles. The number of nitriles is 1. The van der Waals surface area contributed by atoms with Crippen molar-refractivity contribution in [1.29, 1.82) is 5.26 Å². The van der Waals surface area contributed by atoms with Crippen molar-refractivity contribution in [3.05, 3.63) is 47.3 Å². The number of aromatic nitrogens is 1. The molecule has 1 aliphatic rings. The third-order valence-corrected chi connectivity index (χ3v) is 5.20. The Morgan fingerprint density at radius 2 is 2.16 bits per heavy atom. The summed E-state index contributed by atoms with van der Waals surface area (Å²) in [6, 6.07) is 9.06. The van der Waals surface area contributed by atoms with E-state index in [4.69, 9.17) is 4.74 Å². The fourth-order valence-corrected chi connectivity index (χ4v) is 4.04. The lowest BCUT2D eigenvalue weighted by Crippen LogP contribution is -2.50. The summed E-state index contributed by atoms with van der Waals surface area (Å²) >= 11 is 0. The maximum Gasteiger partial charge on any atom is 0.405 e. The molecule has 1 atom stereocenters. The molecule has 0 spiro atoms. The van der Waals surface area contributed by atoms with Gasteiger partial charge >= 0.3 is 6.09 Å². The summed E-state index contributed by atoms with van der Waals surface area (Å²) in [5.74, 6) is 0.520. The van der Waals surface area contributed by atoms with Gasteiger partial charge in [-0.2, -0.15) is 5.26 Å². The maximum atomic E-state index is 12.5. The van der Waals surface area contributed by atoms with E-state index in [0.29, 0.717) is 35.5 Å². The predicted octanol–water partition coefficient (Wildman–Crippen LogP) is 3.66. The van der Waals surface area contributed by atoms with Gasteiger partial charge in [-0.05, 0) is 48.6 Å². The van der Waals surface area contributed by atoms with Crippen molar-refractivity contribution in [3.63, 3.8) is 0 Å². The Morgan fingerprint density at radius 3 is 2.81 bits per heavy atom. The predicted molar refractivity (Wildman–Crippen MR) is 115 cm³/mol. The van der Waals surface area contributed by atoms with E-state index in [1.165, 1.54) is 0 Å². The largest absolute Gasteiger partial charge is 0.490 e. The molecule has 162 valence electrons. The van der Waals surface area contributed by atoms with Gasteiger partial charge < -0.3 is 20.1 Å². The van der Waals surface area contributed by atoms with Gasteiger partial charge in [0.05, 0.1) is 28.9 Å². The molecule has 1 aliphatic heterocycles. The van der Waals surface area contributed by atoms with Gasteiger partial charge in [-0.1, -0.05) is 19.9 Å². The molecule has 8 nitrogen and oxygen atoms in total. The van der Waals surface area contributed by atoms with Gasteiger partial charge in [0, 0.05) is 13.2 Å². The van der Waals surface area contributed by atoms with E-state index in [-0.39, 0.29) is 18.4 Å². The average molecular weight is 422 g/mol. The average Bonchev–Trinajstić information content (AvgIpc) is 2.99. The molecular formula is C23H26N4O4. The third-order valence-electron chi connectivity index (χ3n) is 5.20. The lowest BCUT2D eigenvalue weighted by Gasteiger charge is -2.31. The second kappa shape index (κ2) is 8.64. The molecule has 2 amide bonds. The van der Waals surface area contributed by atoms with Crippen LogP contribution in [0, 0.1) is 17.2 Å². The van der Waals surface area contributed by atoms with E-state index < -0.39 is 11.6 Å². The van der Waals surface area contributed by atoms with Crippen LogP contribution in [0.4, 0.5) is 4.79 Å². The Balaban J connectivity index is 1.89. The number of ether oxygens (including phenoxy) is 1. The standard InChI is InChI=1S/C23H26N4O4/c1-14(2)10-23(3,26-22(29)30)13-31-19-6-5-15(9-16(19)11-24)17-7-8-25-18-12-27(4)21(28)20(17)18/h5-9,14,26H,10,12-13H2,1-4H3,(H,29,30). The highest BCUT2D eigenvalue weighted by atomic mass is 16.5. The van der Waals surface area contributed by atoms with Crippen LogP contribution in [-0.4, -0.2) is 46.2 Å². The lowest BCUT2D eigenvalue weighted by atomic mass is 9.91. The van der Waals surface area contributed by atoms with Crippen LogP contribution in [0.1, 0.15) is 48.8 Å². The molecule has 1 unspecified atom stereocenters. The van der Waals surface area contributed by atoms with Crippen molar-refractivity contribution >= 4 is 12.0 Å². The summed E-state index contributed by atoms with van der Waals surface area (Å²) < 4.78 is 5.88. The van der Waals surface area contributed by atoms with E-state index in [0.717, 1.165) is 11.1 Å². The molecular weight excluding hydrogens is 396 g/mol. The number of nitrogens with zero attached hydrogens (tertiary/aromatic N) is 3. The van der Waals surface area contributed by atoms with Crippen LogP contribution in [0.3, 0.4) is 0 Å². The molecule has 31 heavy (non-hydrogen) atoms. The van der Waals surface area contributed by atoms with Crippen LogP contribution in [0.25, 0.3) is 11.1 Å². The number of carbonyl (C=O) groups is 2. The summed E-state index contributed by atoms with van der Waals surface area (Å²) in [4.78, 5) is 29.7. The number of hydrogen-bond donors (Lipinski definition) is 2. The molecule has 0 bridgehead atoms. The number of benzene rings is 1. The Bertz CT molecular complexity index is 1060. The van der Waals surface area contributed by atoms with Gasteiger partial charge in [0.15, 0.2) is 0 Å². The highest BCUT2D eigenvalue weighted by Crippen LogP contribution is 2.33. The van der Waals surface area contributed by atoms with Gasteiger partial charge in [0.25, 0.3) is 5.91 Å². The SMILES string of the molecule is CC(C)CC(C)(COc1ccc(-c2ccnc3c2C(=O)N(C)C3)cc1C#N)NC(=O)O. The normalized spacial score (nSPS) is 14.7. The first-order chi connectivity index (χ1) is 14.6. The summed E-state index contributed by atoms with van der Waals surface area (Å²) in [6.07, 6.45) is 1.12. The monoisotopic (exact) mass is 422 g/mol. The van der Waals surface area contributed by atoms with Gasteiger partial charge in [0.2, 0.25) is 0 Å². The van der Waals surface area contributed by atoms with Gasteiger partial charge in [-0.15, -0.1) is 0 Å². The van der Waals surface area contributed by atoms with E-state index in [1.54, 1.807) is 49.3 Å². The van der Waals surface area contributed by atoms with E-state index in [2.05, 4.69) is 16.4 Å². The molecule has 8 heteroatoms. The molecule has 1 aromatic heterocycles. The molecule has 2 N–H and O–H groups in total. The fraction of sp³-hybridized carbons (Fsp3) is 0.391. The molecule has 2 heterocycles. The molecule has 3 rings (SSSR count). The highest BCUT2D eigenvalue weighted by molar-refractivity contribution is 6.03. The van der Waals surface area contributed by atoms with Crippen molar-refractivity contribution in [2.75, 3.05) is 13.7 Å². The van der Waals surface area contributed by atoms with E-state index in [1.807, 2.05) is 13.8 Å². The number of fused-ring (bicyclic) bond motifs is 1. The Labute approximate surface area is 181 Å². The first-order valence-electron chi connectivity index (χ1n) is 10.1. The van der Waals surface area contributed by atoms with Crippen molar-refractivity contribution in [3.8, 4) is 22.9 Å². The highest BCUT2D eigenvalue weighted by Gasteiger charge is 2.30. The van der Waals surface area contributed by atoms with Crippen molar-refractivity contribution in [2.45, 2.75) is 39.3 Å². The summed E-state index contributed by atoms with van der Waals surface area (Å²) in [6.45, 7) is 6.33. The number of nitrogens with one attached hydrogen (secondary N) is 1. The van der Waals surface area contributed by atoms with Gasteiger partial charge in [-0.25, -0.2) is 4.79 Å². The summed E-state index contributed by atoms with van der Waals surface area (Å²) in [5.41, 5.74) is 2.23. The number of hydrogen-bond acceptors (Lipinski definition) is 5. The minimum absolute atomic E-state index is 0.0828. The zero-order chi connectivity index (χ0) is 22.8. The van der Waals surface area contributed by atoms with Crippen LogP contribution >= 0.6 is 0 Å². The zero-order valence-corrected chi connectivity index (χ0v) is 18.1. The van der Waals surface area contributed by atoms with Crippen molar-refractivity contribution in [2.24, 2.45) is 5.92 Å². The van der Waals surface area contributed by atoms with Crippen molar-refractivity contribution < 1.29 is 19.4 Å². The fourth-order valence-electron chi connectivity index (χ4n) is 4.04. The molecule has 0 fully saturated rings. The Morgan fingerprint density at radius 1 is 1.42 bits per heavy atom. The van der Waals surface area contributed by atoms with E-state index >= 15 is 0 Å². The number of pyridine rings is 1. The summed E-state index contributed by atoms with van der Waals surface area (Å²) in [7, 11) is 1.73. The summed E-state index contributed by atoms with van der Waals surface area (Å²) in [5, 5.41) is 21.4. The number of carboxylic acid groups (broad SMARTS) is 1. The molecule has 0 aliphatic carbocycles. The third kappa shape index (κ3) is 4.77. The minimum atomic E-state index is -1.12.